The average molecular weight is 446 g/mol. The molecule has 0 aliphatic carbocycles. The fourth-order valence-corrected chi connectivity index (χ4v) is 3.31. The average Bonchev–Trinajstić information content (AvgIpc) is 3.43. The number of nitrogens with one attached hydrogen (secondary N) is 1. The second-order valence-corrected chi connectivity index (χ2v) is 8.07. The summed E-state index contributed by atoms with van der Waals surface area (Å²) in [6.07, 6.45) is 1.62. The molecule has 2 heterocycles. The van der Waals surface area contributed by atoms with E-state index in [1.54, 1.807) is 36.4 Å². The van der Waals surface area contributed by atoms with Crippen LogP contribution in [-0.4, -0.2) is 22.5 Å². The van der Waals surface area contributed by atoms with Crippen molar-refractivity contribution in [1.82, 2.24) is 9.97 Å². The van der Waals surface area contributed by atoms with Gasteiger partial charge < -0.3 is 14.1 Å². The number of esters is 1. The van der Waals surface area contributed by atoms with E-state index < -0.39 is 5.97 Å². The molecule has 160 valence electrons. The van der Waals surface area contributed by atoms with E-state index in [2.05, 4.69) is 16.0 Å². The molecule has 7 heteroatoms. The Balaban J connectivity index is 1.61. The fraction of sp³-hybridized carbons (Fsp3) is 0.160. The summed E-state index contributed by atoms with van der Waals surface area (Å²) in [4.78, 5) is 20.0. The quantitative estimate of drug-likeness (QED) is 0.275. The van der Waals surface area contributed by atoms with Crippen LogP contribution in [0.2, 0.25) is 5.02 Å². The molecular formula is C25H20ClN3O3. The van der Waals surface area contributed by atoms with Gasteiger partial charge in [0, 0.05) is 11.6 Å². The van der Waals surface area contributed by atoms with Gasteiger partial charge in [0.05, 0.1) is 33.8 Å². The number of aromatic nitrogens is 2. The van der Waals surface area contributed by atoms with Gasteiger partial charge in [-0.25, -0.2) is 9.78 Å². The Morgan fingerprint density at radius 3 is 2.81 bits per heavy atom. The number of nitrogens with zero attached hydrogens (tertiary/aromatic N) is 2. The third-order valence-corrected chi connectivity index (χ3v) is 5.03. The van der Waals surface area contributed by atoms with Crippen LogP contribution in [0.1, 0.15) is 35.8 Å². The zero-order valence-corrected chi connectivity index (χ0v) is 18.3. The summed E-state index contributed by atoms with van der Waals surface area (Å²) >= 11 is 6.20. The molecule has 0 amide bonds. The summed E-state index contributed by atoms with van der Waals surface area (Å²) in [5.41, 5.74) is 2.92. The Kier molecular flexibility index (Phi) is 6.11. The highest BCUT2D eigenvalue weighted by Gasteiger charge is 2.16. The summed E-state index contributed by atoms with van der Waals surface area (Å²) in [7, 11) is 0. The first-order chi connectivity index (χ1) is 15.4. The zero-order valence-electron chi connectivity index (χ0n) is 17.6. The van der Waals surface area contributed by atoms with Crippen molar-refractivity contribution < 1.29 is 13.9 Å². The van der Waals surface area contributed by atoms with E-state index >= 15 is 0 Å². The third kappa shape index (κ3) is 4.58. The standard InChI is InChI=1S/C25H20ClN3O3/c1-15(2)14-31-25(30)19-12-16(7-9-20(19)26)23-10-8-18(32-23)11-17(13-27)24-28-21-5-3-4-6-22(21)29-24/h3-12,15H,14H2,1-2H3,(H,28,29)/b17-11-. The Bertz CT molecular complexity index is 1330. The number of allylic oxidation sites excluding steroid dienone is 1. The van der Waals surface area contributed by atoms with Crippen molar-refractivity contribution >= 4 is 40.3 Å². The van der Waals surface area contributed by atoms with Crippen molar-refractivity contribution in [3.05, 3.63) is 76.8 Å². The summed E-state index contributed by atoms with van der Waals surface area (Å²) in [5.74, 6) is 1.23. The van der Waals surface area contributed by atoms with E-state index in [-0.39, 0.29) is 11.5 Å². The lowest BCUT2D eigenvalue weighted by atomic mass is 10.1. The number of halogens is 1. The first-order valence-corrected chi connectivity index (χ1v) is 10.5. The Labute approximate surface area is 190 Å². The van der Waals surface area contributed by atoms with Gasteiger partial charge in [0.1, 0.15) is 23.4 Å². The van der Waals surface area contributed by atoms with Crippen LogP contribution in [0.4, 0.5) is 0 Å². The van der Waals surface area contributed by atoms with Crippen LogP contribution >= 0.6 is 11.6 Å². The number of fused-ring (bicyclic) bond motifs is 1. The molecular weight excluding hydrogens is 426 g/mol. The van der Waals surface area contributed by atoms with E-state index in [0.29, 0.717) is 40.1 Å². The van der Waals surface area contributed by atoms with Gasteiger partial charge in [0.2, 0.25) is 0 Å². The number of carbonyl (C=O) groups is 1. The number of hydrogen-bond acceptors (Lipinski definition) is 5. The van der Waals surface area contributed by atoms with Crippen LogP contribution in [0.5, 0.6) is 0 Å². The smallest absolute Gasteiger partial charge is 0.339 e. The SMILES string of the molecule is CC(C)COC(=O)c1cc(-c2ccc(/C=C(/C#N)c3nc4ccccc4[nH]3)o2)ccc1Cl. The second kappa shape index (κ2) is 9.13. The molecule has 0 spiro atoms. The van der Waals surface area contributed by atoms with Crippen molar-refractivity contribution in [2.45, 2.75) is 13.8 Å². The molecule has 2 aromatic carbocycles. The van der Waals surface area contributed by atoms with Crippen molar-refractivity contribution in [3.63, 3.8) is 0 Å². The van der Waals surface area contributed by atoms with Crippen molar-refractivity contribution in [2.24, 2.45) is 5.92 Å². The molecule has 4 aromatic rings. The number of aromatic amines is 1. The number of carbonyl (C=O) groups excluding carboxylic acids is 1. The van der Waals surface area contributed by atoms with Gasteiger partial charge in [-0.1, -0.05) is 37.6 Å². The molecule has 4 rings (SSSR count). The molecule has 0 aliphatic rings. The number of ether oxygens (including phenoxy) is 1. The molecule has 6 nitrogen and oxygen atoms in total. The minimum absolute atomic E-state index is 0.224. The van der Waals surface area contributed by atoms with Gasteiger partial charge in [0.15, 0.2) is 0 Å². The first kappa shape index (κ1) is 21.4. The predicted octanol–water partition coefficient (Wildman–Crippen LogP) is 6.35. The lowest BCUT2D eigenvalue weighted by Gasteiger charge is -2.09. The maximum atomic E-state index is 12.4. The van der Waals surface area contributed by atoms with Crippen LogP contribution < -0.4 is 0 Å². The molecule has 0 aliphatic heterocycles. The Morgan fingerprint density at radius 2 is 2.06 bits per heavy atom. The largest absolute Gasteiger partial charge is 0.462 e. The second-order valence-electron chi connectivity index (χ2n) is 7.66. The monoisotopic (exact) mass is 445 g/mol. The lowest BCUT2D eigenvalue weighted by Crippen LogP contribution is -2.10. The molecule has 0 atom stereocenters. The molecule has 1 N–H and O–H groups in total. The van der Waals surface area contributed by atoms with Gasteiger partial charge in [-0.15, -0.1) is 0 Å². The lowest BCUT2D eigenvalue weighted by molar-refractivity contribution is 0.0459. The number of para-hydroxylation sites is 2. The third-order valence-electron chi connectivity index (χ3n) is 4.70. The van der Waals surface area contributed by atoms with E-state index in [4.69, 9.17) is 20.8 Å². The maximum absolute atomic E-state index is 12.4. The van der Waals surface area contributed by atoms with Gasteiger partial charge in [-0.05, 0) is 48.4 Å². The number of imidazole rings is 1. The van der Waals surface area contributed by atoms with Crippen molar-refractivity contribution in [3.8, 4) is 17.4 Å². The predicted molar refractivity (Wildman–Crippen MR) is 124 cm³/mol. The molecule has 0 unspecified atom stereocenters. The summed E-state index contributed by atoms with van der Waals surface area (Å²) < 4.78 is 11.2. The summed E-state index contributed by atoms with van der Waals surface area (Å²) in [6.45, 7) is 4.24. The first-order valence-electron chi connectivity index (χ1n) is 10.1. The van der Waals surface area contributed by atoms with Crippen LogP contribution in [0, 0.1) is 17.2 Å². The maximum Gasteiger partial charge on any atom is 0.339 e. The Morgan fingerprint density at radius 1 is 1.25 bits per heavy atom. The fourth-order valence-electron chi connectivity index (χ4n) is 3.12. The Hall–Kier alpha value is -3.82. The number of rotatable bonds is 6. The molecule has 0 saturated heterocycles. The van der Waals surface area contributed by atoms with E-state index in [9.17, 15) is 10.1 Å². The molecule has 2 aromatic heterocycles. The van der Waals surface area contributed by atoms with Gasteiger partial charge in [-0.3, -0.25) is 0 Å². The number of furan rings is 1. The molecule has 0 bridgehead atoms. The zero-order chi connectivity index (χ0) is 22.7. The van der Waals surface area contributed by atoms with Crippen LogP contribution in [0.25, 0.3) is 34.0 Å². The highest BCUT2D eigenvalue weighted by molar-refractivity contribution is 6.33. The van der Waals surface area contributed by atoms with Gasteiger partial charge in [-0.2, -0.15) is 5.26 Å². The minimum Gasteiger partial charge on any atom is -0.462 e. The summed E-state index contributed by atoms with van der Waals surface area (Å²) in [5, 5.41) is 9.93. The molecule has 0 radical (unpaired) electrons. The number of nitriles is 1. The minimum atomic E-state index is -0.478. The van der Waals surface area contributed by atoms with E-state index in [0.717, 1.165) is 11.0 Å². The normalized spacial score (nSPS) is 11.7. The topological polar surface area (TPSA) is 91.9 Å². The van der Waals surface area contributed by atoms with E-state index in [1.165, 1.54) is 0 Å². The van der Waals surface area contributed by atoms with Crippen LogP contribution in [0.15, 0.2) is 59.0 Å². The molecule has 32 heavy (non-hydrogen) atoms. The molecule has 0 saturated carbocycles. The van der Waals surface area contributed by atoms with E-state index in [1.807, 2.05) is 38.1 Å². The van der Waals surface area contributed by atoms with Crippen LogP contribution in [0.3, 0.4) is 0 Å². The number of H-pyrrole nitrogens is 1. The van der Waals surface area contributed by atoms with Gasteiger partial charge >= 0.3 is 5.97 Å². The van der Waals surface area contributed by atoms with Crippen molar-refractivity contribution in [1.29, 1.82) is 5.26 Å². The highest BCUT2D eigenvalue weighted by atomic mass is 35.5. The number of hydrogen-bond donors (Lipinski definition) is 1. The highest BCUT2D eigenvalue weighted by Crippen LogP contribution is 2.29. The molecule has 0 fully saturated rings. The number of benzene rings is 2. The van der Waals surface area contributed by atoms with Crippen LogP contribution in [-0.2, 0) is 4.74 Å². The van der Waals surface area contributed by atoms with Gasteiger partial charge in [0.25, 0.3) is 0 Å². The van der Waals surface area contributed by atoms with Crippen molar-refractivity contribution in [2.75, 3.05) is 6.61 Å². The summed E-state index contributed by atoms with van der Waals surface area (Å²) in [6, 6.07) is 18.3.